The standard InChI is InChI=1S/C11H16N2O4S/c1-11(2,3)17-10(16)13(4)8(9(14)15)7-5-12-6-18-7/h5-6,8H,1-4H3,(H,14,15). The number of aromatic nitrogens is 1. The van der Waals surface area contributed by atoms with Crippen molar-refractivity contribution < 1.29 is 19.4 Å². The highest BCUT2D eigenvalue weighted by Crippen LogP contribution is 2.24. The Morgan fingerprint density at radius 2 is 2.11 bits per heavy atom. The first-order valence-corrected chi connectivity index (χ1v) is 6.17. The van der Waals surface area contributed by atoms with Crippen molar-refractivity contribution in [2.24, 2.45) is 0 Å². The van der Waals surface area contributed by atoms with Gasteiger partial charge in [-0.2, -0.15) is 0 Å². The number of amides is 1. The Morgan fingerprint density at radius 1 is 1.50 bits per heavy atom. The first kappa shape index (κ1) is 14.4. The van der Waals surface area contributed by atoms with Crippen LogP contribution < -0.4 is 0 Å². The predicted octanol–water partition coefficient (Wildman–Crippen LogP) is 2.14. The maximum atomic E-state index is 11.8. The first-order chi connectivity index (χ1) is 8.22. The minimum atomic E-state index is -1.12. The van der Waals surface area contributed by atoms with Crippen molar-refractivity contribution in [1.29, 1.82) is 0 Å². The lowest BCUT2D eigenvalue weighted by atomic mass is 10.2. The maximum absolute atomic E-state index is 11.8. The molecule has 0 spiro atoms. The second kappa shape index (κ2) is 5.34. The fourth-order valence-corrected chi connectivity index (χ4v) is 2.03. The summed E-state index contributed by atoms with van der Waals surface area (Å²) in [7, 11) is 1.40. The van der Waals surface area contributed by atoms with Crippen molar-refractivity contribution in [3.8, 4) is 0 Å². The number of carboxylic acid groups (broad SMARTS) is 1. The van der Waals surface area contributed by atoms with Gasteiger partial charge in [-0.1, -0.05) is 0 Å². The zero-order valence-corrected chi connectivity index (χ0v) is 11.5. The van der Waals surface area contributed by atoms with Crippen molar-refractivity contribution in [2.45, 2.75) is 32.4 Å². The Kier molecular flexibility index (Phi) is 4.28. The van der Waals surface area contributed by atoms with Crippen LogP contribution in [0.1, 0.15) is 31.7 Å². The summed E-state index contributed by atoms with van der Waals surface area (Å²) < 4.78 is 5.14. The monoisotopic (exact) mass is 272 g/mol. The van der Waals surface area contributed by atoms with Gasteiger partial charge in [0.15, 0.2) is 6.04 Å². The lowest BCUT2D eigenvalue weighted by molar-refractivity contribution is -0.142. The molecule has 1 unspecified atom stereocenters. The average molecular weight is 272 g/mol. The Hall–Kier alpha value is -1.63. The van der Waals surface area contributed by atoms with E-state index in [1.54, 1.807) is 20.8 Å². The molecule has 18 heavy (non-hydrogen) atoms. The number of hydrogen-bond acceptors (Lipinski definition) is 5. The molecule has 7 heteroatoms. The van der Waals surface area contributed by atoms with Gasteiger partial charge in [0.25, 0.3) is 0 Å². The van der Waals surface area contributed by atoms with Gasteiger partial charge in [0, 0.05) is 13.2 Å². The van der Waals surface area contributed by atoms with Crippen molar-refractivity contribution in [1.82, 2.24) is 9.88 Å². The molecule has 100 valence electrons. The third kappa shape index (κ3) is 3.69. The Balaban J connectivity index is 2.88. The predicted molar refractivity (Wildman–Crippen MR) is 66.5 cm³/mol. The van der Waals surface area contributed by atoms with Crippen LogP contribution in [0.2, 0.25) is 0 Å². The number of ether oxygens (including phenoxy) is 1. The number of likely N-dealkylation sites (N-methyl/N-ethyl adjacent to an activating group) is 1. The number of hydrogen-bond donors (Lipinski definition) is 1. The van der Waals surface area contributed by atoms with E-state index in [0.29, 0.717) is 4.88 Å². The van der Waals surface area contributed by atoms with Crippen LogP contribution in [0.5, 0.6) is 0 Å². The quantitative estimate of drug-likeness (QED) is 0.911. The van der Waals surface area contributed by atoms with Gasteiger partial charge in [-0.05, 0) is 20.8 Å². The van der Waals surface area contributed by atoms with E-state index in [9.17, 15) is 14.7 Å². The van der Waals surface area contributed by atoms with Gasteiger partial charge in [-0.25, -0.2) is 9.59 Å². The summed E-state index contributed by atoms with van der Waals surface area (Å²) in [6.07, 6.45) is 0.757. The molecule has 0 bridgehead atoms. The molecule has 0 aliphatic carbocycles. The summed E-state index contributed by atoms with van der Waals surface area (Å²) in [5.74, 6) is -1.12. The third-order valence-corrected chi connectivity index (χ3v) is 2.85. The van der Waals surface area contributed by atoms with Crippen LogP contribution in [-0.2, 0) is 9.53 Å². The minimum absolute atomic E-state index is 0.482. The largest absolute Gasteiger partial charge is 0.479 e. The van der Waals surface area contributed by atoms with Crippen LogP contribution in [0.3, 0.4) is 0 Å². The van der Waals surface area contributed by atoms with E-state index in [0.717, 1.165) is 4.90 Å². The number of rotatable bonds is 3. The van der Waals surface area contributed by atoms with Crippen molar-refractivity contribution >= 4 is 23.4 Å². The van der Waals surface area contributed by atoms with E-state index >= 15 is 0 Å². The Morgan fingerprint density at radius 3 is 2.50 bits per heavy atom. The van der Waals surface area contributed by atoms with E-state index in [4.69, 9.17) is 4.74 Å². The van der Waals surface area contributed by atoms with Crippen LogP contribution in [0.4, 0.5) is 4.79 Å². The van der Waals surface area contributed by atoms with Gasteiger partial charge in [-0.3, -0.25) is 9.88 Å². The van der Waals surface area contributed by atoms with E-state index in [1.165, 1.54) is 30.1 Å². The van der Waals surface area contributed by atoms with E-state index in [1.807, 2.05) is 0 Å². The normalized spacial score (nSPS) is 12.9. The zero-order chi connectivity index (χ0) is 13.9. The maximum Gasteiger partial charge on any atom is 0.411 e. The highest BCUT2D eigenvalue weighted by molar-refractivity contribution is 7.09. The van der Waals surface area contributed by atoms with E-state index < -0.39 is 23.7 Å². The van der Waals surface area contributed by atoms with Crippen LogP contribution in [0.25, 0.3) is 0 Å². The molecule has 0 aliphatic rings. The SMILES string of the molecule is CN(C(=O)OC(C)(C)C)C(C(=O)O)c1cncs1. The first-order valence-electron chi connectivity index (χ1n) is 5.29. The number of thiazole rings is 1. The number of nitrogens with zero attached hydrogens (tertiary/aromatic N) is 2. The zero-order valence-electron chi connectivity index (χ0n) is 10.7. The number of carbonyl (C=O) groups excluding carboxylic acids is 1. The van der Waals surface area contributed by atoms with Gasteiger partial charge in [0.2, 0.25) is 0 Å². The minimum Gasteiger partial charge on any atom is -0.479 e. The van der Waals surface area contributed by atoms with Gasteiger partial charge in [0.1, 0.15) is 5.60 Å². The molecule has 1 heterocycles. The molecule has 1 aromatic heterocycles. The Labute approximate surface area is 109 Å². The van der Waals surface area contributed by atoms with E-state index in [2.05, 4.69) is 4.98 Å². The average Bonchev–Trinajstić information content (AvgIpc) is 2.67. The van der Waals surface area contributed by atoms with Crippen molar-refractivity contribution in [3.05, 3.63) is 16.6 Å². The van der Waals surface area contributed by atoms with Crippen LogP contribution in [0, 0.1) is 0 Å². The highest BCUT2D eigenvalue weighted by Gasteiger charge is 2.32. The summed E-state index contributed by atoms with van der Waals surface area (Å²) in [5.41, 5.74) is 0.857. The topological polar surface area (TPSA) is 79.7 Å². The fourth-order valence-electron chi connectivity index (χ4n) is 1.28. The third-order valence-electron chi connectivity index (χ3n) is 2.02. The fraction of sp³-hybridized carbons (Fsp3) is 0.545. The molecule has 0 aliphatic heterocycles. The van der Waals surface area contributed by atoms with Crippen molar-refractivity contribution in [2.75, 3.05) is 7.05 Å². The number of carbonyl (C=O) groups is 2. The molecule has 0 fully saturated rings. The Bertz CT molecular complexity index is 425. The molecular weight excluding hydrogens is 256 g/mol. The molecule has 0 aromatic carbocycles. The molecule has 1 rings (SSSR count). The molecule has 0 radical (unpaired) electrons. The van der Waals surface area contributed by atoms with Crippen LogP contribution >= 0.6 is 11.3 Å². The molecule has 1 aromatic rings. The second-order valence-corrected chi connectivity index (χ2v) is 5.65. The van der Waals surface area contributed by atoms with Gasteiger partial charge >= 0.3 is 12.1 Å². The molecule has 1 atom stereocenters. The van der Waals surface area contributed by atoms with Gasteiger partial charge in [0.05, 0.1) is 10.4 Å². The summed E-state index contributed by atoms with van der Waals surface area (Å²) >= 11 is 1.18. The highest BCUT2D eigenvalue weighted by atomic mass is 32.1. The smallest absolute Gasteiger partial charge is 0.411 e. The second-order valence-electron chi connectivity index (χ2n) is 4.74. The van der Waals surface area contributed by atoms with Crippen molar-refractivity contribution in [3.63, 3.8) is 0 Å². The van der Waals surface area contributed by atoms with Crippen LogP contribution in [0.15, 0.2) is 11.7 Å². The summed E-state index contributed by atoms with van der Waals surface area (Å²) in [5, 5.41) is 9.19. The summed E-state index contributed by atoms with van der Waals surface area (Å²) in [6.45, 7) is 5.17. The lowest BCUT2D eigenvalue weighted by Crippen LogP contribution is -2.39. The molecule has 0 saturated heterocycles. The van der Waals surface area contributed by atoms with Gasteiger partial charge < -0.3 is 9.84 Å². The van der Waals surface area contributed by atoms with E-state index in [-0.39, 0.29) is 0 Å². The summed E-state index contributed by atoms with van der Waals surface area (Å²) in [4.78, 5) is 28.4. The molecular formula is C11H16N2O4S. The molecule has 6 nitrogen and oxygen atoms in total. The van der Waals surface area contributed by atoms with Gasteiger partial charge in [-0.15, -0.1) is 11.3 Å². The molecule has 1 N–H and O–H groups in total. The lowest BCUT2D eigenvalue weighted by Gasteiger charge is -2.27. The summed E-state index contributed by atoms with van der Waals surface area (Å²) in [6, 6.07) is -1.08. The number of aliphatic carboxylic acids is 1. The van der Waals surface area contributed by atoms with Crippen LogP contribution in [-0.4, -0.2) is 39.7 Å². The number of carboxylic acids is 1. The molecule has 1 amide bonds. The molecule has 0 saturated carbocycles.